The Morgan fingerprint density at radius 3 is 2.31 bits per heavy atom. The molecule has 74 valence electrons. The van der Waals surface area contributed by atoms with Crippen LogP contribution in [0.5, 0.6) is 0 Å². The summed E-state index contributed by atoms with van der Waals surface area (Å²) >= 11 is 0. The monoisotopic (exact) mass is 179 g/mol. The molecule has 1 saturated heterocycles. The smallest absolute Gasteiger partial charge is 0.0770 e. The molecule has 1 aliphatic heterocycles. The van der Waals surface area contributed by atoms with Crippen molar-refractivity contribution in [1.82, 2.24) is 4.90 Å². The van der Waals surface area contributed by atoms with Crippen LogP contribution in [0.25, 0.3) is 0 Å². The van der Waals surface area contributed by atoms with Crippen LogP contribution in [-0.4, -0.2) is 22.5 Å². The highest BCUT2D eigenvalue weighted by molar-refractivity contribution is 5.13. The maximum absolute atomic E-state index is 5.56. The first-order valence-corrected chi connectivity index (χ1v) is 5.05. The number of terminal acetylenes is 1. The second-order valence-electron chi connectivity index (χ2n) is 5.44. The molecule has 1 rings (SSSR count). The van der Waals surface area contributed by atoms with Gasteiger partial charge in [-0.25, -0.2) is 0 Å². The molecule has 1 nitrogen and oxygen atoms in total. The molecule has 1 atom stereocenters. The fourth-order valence-corrected chi connectivity index (χ4v) is 2.65. The summed E-state index contributed by atoms with van der Waals surface area (Å²) in [6.07, 6.45) is 6.81. The van der Waals surface area contributed by atoms with Gasteiger partial charge in [0.15, 0.2) is 0 Å². The van der Waals surface area contributed by atoms with Gasteiger partial charge in [0.05, 0.1) is 5.54 Å². The Hall–Kier alpha value is -0.480. The largest absolute Gasteiger partial charge is 0.282 e. The summed E-state index contributed by atoms with van der Waals surface area (Å²) in [5.74, 6) is 3.65. The highest BCUT2D eigenvalue weighted by atomic mass is 15.3. The first-order chi connectivity index (χ1) is 5.79. The van der Waals surface area contributed by atoms with Crippen molar-refractivity contribution in [2.45, 2.75) is 52.1 Å². The molecule has 0 aromatic carbocycles. The Morgan fingerprint density at radius 2 is 2.00 bits per heavy atom. The molecule has 0 saturated carbocycles. The lowest BCUT2D eigenvalue weighted by Crippen LogP contribution is -2.51. The SMILES string of the molecule is C#CC(C)(C)N1CC(C)CC1(C)C. The minimum Gasteiger partial charge on any atom is -0.282 e. The van der Waals surface area contributed by atoms with Crippen LogP contribution in [0.15, 0.2) is 0 Å². The highest BCUT2D eigenvalue weighted by Crippen LogP contribution is 2.37. The summed E-state index contributed by atoms with van der Waals surface area (Å²) in [4.78, 5) is 2.45. The summed E-state index contributed by atoms with van der Waals surface area (Å²) in [7, 11) is 0. The fraction of sp³-hybridized carbons (Fsp3) is 0.833. The van der Waals surface area contributed by atoms with Crippen LogP contribution in [0, 0.1) is 18.3 Å². The van der Waals surface area contributed by atoms with E-state index in [0.717, 1.165) is 12.5 Å². The van der Waals surface area contributed by atoms with Gasteiger partial charge in [0.1, 0.15) is 0 Å². The zero-order chi connectivity index (χ0) is 10.3. The third-order valence-corrected chi connectivity index (χ3v) is 3.10. The van der Waals surface area contributed by atoms with Crippen LogP contribution >= 0.6 is 0 Å². The molecule has 0 amide bonds. The molecular weight excluding hydrogens is 158 g/mol. The average molecular weight is 179 g/mol. The second kappa shape index (κ2) is 3.03. The molecule has 1 fully saturated rings. The van der Waals surface area contributed by atoms with Crippen LogP contribution in [-0.2, 0) is 0 Å². The summed E-state index contributed by atoms with van der Waals surface area (Å²) in [6, 6.07) is 0. The Balaban J connectivity index is 2.89. The molecule has 1 heterocycles. The van der Waals surface area contributed by atoms with Gasteiger partial charge in [-0.15, -0.1) is 6.42 Å². The van der Waals surface area contributed by atoms with Gasteiger partial charge in [-0.05, 0) is 40.0 Å². The molecule has 0 aromatic heterocycles. The van der Waals surface area contributed by atoms with Crippen LogP contribution in [0.4, 0.5) is 0 Å². The van der Waals surface area contributed by atoms with E-state index in [1.54, 1.807) is 0 Å². The number of likely N-dealkylation sites (tertiary alicyclic amines) is 1. The topological polar surface area (TPSA) is 3.24 Å². The van der Waals surface area contributed by atoms with Crippen LogP contribution < -0.4 is 0 Å². The quantitative estimate of drug-likeness (QED) is 0.559. The Kier molecular flexibility index (Phi) is 2.47. The minimum absolute atomic E-state index is 0.103. The first kappa shape index (κ1) is 10.6. The zero-order valence-electron chi connectivity index (χ0n) is 9.52. The van der Waals surface area contributed by atoms with Crippen molar-refractivity contribution in [3.05, 3.63) is 0 Å². The fourth-order valence-electron chi connectivity index (χ4n) is 2.65. The van der Waals surface area contributed by atoms with Gasteiger partial charge in [-0.1, -0.05) is 12.8 Å². The van der Waals surface area contributed by atoms with E-state index in [1.807, 2.05) is 0 Å². The van der Waals surface area contributed by atoms with E-state index in [-0.39, 0.29) is 11.1 Å². The van der Waals surface area contributed by atoms with E-state index in [0.29, 0.717) is 0 Å². The summed E-state index contributed by atoms with van der Waals surface area (Å²) in [5, 5.41) is 0. The second-order valence-corrected chi connectivity index (χ2v) is 5.44. The molecule has 0 spiro atoms. The standard InChI is InChI=1S/C12H21N/c1-7-11(3,4)13-9-10(2)8-12(13,5)6/h1,10H,8-9H2,2-6H3. The van der Waals surface area contributed by atoms with Crippen molar-refractivity contribution in [3.8, 4) is 12.3 Å². The van der Waals surface area contributed by atoms with Gasteiger partial charge < -0.3 is 0 Å². The lowest BCUT2D eigenvalue weighted by atomic mass is 9.94. The number of rotatable bonds is 1. The van der Waals surface area contributed by atoms with Gasteiger partial charge in [-0.3, -0.25) is 4.90 Å². The van der Waals surface area contributed by atoms with Crippen molar-refractivity contribution in [3.63, 3.8) is 0 Å². The first-order valence-electron chi connectivity index (χ1n) is 5.05. The van der Waals surface area contributed by atoms with E-state index in [1.165, 1.54) is 6.42 Å². The molecule has 0 aliphatic carbocycles. The molecule has 1 aliphatic rings. The van der Waals surface area contributed by atoms with Crippen molar-refractivity contribution in [2.75, 3.05) is 6.54 Å². The van der Waals surface area contributed by atoms with Crippen molar-refractivity contribution in [1.29, 1.82) is 0 Å². The maximum atomic E-state index is 5.56. The van der Waals surface area contributed by atoms with E-state index >= 15 is 0 Å². The number of hydrogen-bond acceptors (Lipinski definition) is 1. The van der Waals surface area contributed by atoms with Gasteiger partial charge in [-0.2, -0.15) is 0 Å². The Bertz CT molecular complexity index is 232. The normalized spacial score (nSPS) is 28.8. The van der Waals surface area contributed by atoms with Gasteiger partial charge in [0, 0.05) is 12.1 Å². The van der Waals surface area contributed by atoms with Gasteiger partial charge >= 0.3 is 0 Å². The van der Waals surface area contributed by atoms with E-state index in [4.69, 9.17) is 6.42 Å². The maximum Gasteiger partial charge on any atom is 0.0770 e. The van der Waals surface area contributed by atoms with E-state index in [2.05, 4.69) is 45.4 Å². The predicted molar refractivity (Wildman–Crippen MR) is 57.5 cm³/mol. The number of hydrogen-bond donors (Lipinski definition) is 0. The van der Waals surface area contributed by atoms with Crippen molar-refractivity contribution >= 4 is 0 Å². The minimum atomic E-state index is -0.103. The Labute approximate surface area is 82.5 Å². The van der Waals surface area contributed by atoms with Crippen LogP contribution in [0.2, 0.25) is 0 Å². The molecule has 0 bridgehead atoms. The molecule has 0 aromatic rings. The third-order valence-electron chi connectivity index (χ3n) is 3.10. The average Bonchev–Trinajstić information content (AvgIpc) is 2.25. The molecule has 1 heteroatoms. The summed E-state index contributed by atoms with van der Waals surface area (Å²) < 4.78 is 0. The van der Waals surface area contributed by atoms with Crippen LogP contribution in [0.1, 0.15) is 41.0 Å². The van der Waals surface area contributed by atoms with Crippen LogP contribution in [0.3, 0.4) is 0 Å². The summed E-state index contributed by atoms with van der Waals surface area (Å²) in [5.41, 5.74) is 0.156. The van der Waals surface area contributed by atoms with Crippen molar-refractivity contribution in [2.24, 2.45) is 5.92 Å². The van der Waals surface area contributed by atoms with Crippen molar-refractivity contribution < 1.29 is 0 Å². The predicted octanol–water partition coefficient (Wildman–Crippen LogP) is 2.52. The lowest BCUT2D eigenvalue weighted by molar-refractivity contribution is 0.0930. The zero-order valence-corrected chi connectivity index (χ0v) is 9.52. The molecule has 0 radical (unpaired) electrons. The molecule has 13 heavy (non-hydrogen) atoms. The highest BCUT2D eigenvalue weighted by Gasteiger charge is 2.42. The number of nitrogens with zero attached hydrogens (tertiary/aromatic N) is 1. The van der Waals surface area contributed by atoms with E-state index < -0.39 is 0 Å². The Morgan fingerprint density at radius 1 is 1.46 bits per heavy atom. The van der Waals surface area contributed by atoms with Gasteiger partial charge in [0.2, 0.25) is 0 Å². The lowest BCUT2D eigenvalue weighted by Gasteiger charge is -2.41. The molecule has 0 N–H and O–H groups in total. The van der Waals surface area contributed by atoms with E-state index in [9.17, 15) is 0 Å². The molecular formula is C12H21N. The molecule has 1 unspecified atom stereocenters. The third kappa shape index (κ3) is 1.89. The summed E-state index contributed by atoms with van der Waals surface area (Å²) in [6.45, 7) is 12.3. The van der Waals surface area contributed by atoms with Gasteiger partial charge in [0.25, 0.3) is 0 Å².